The van der Waals surface area contributed by atoms with Crippen molar-refractivity contribution in [3.63, 3.8) is 0 Å². The molecule has 11 rings (SSSR count). The Morgan fingerprint density at radius 1 is 0.491 bits per heavy atom. The minimum atomic E-state index is -0.549. The zero-order valence-corrected chi connectivity index (χ0v) is 30.3. The maximum Gasteiger partial charge on any atom is 0.136 e. The molecule has 2 aromatic heterocycles. The van der Waals surface area contributed by atoms with Gasteiger partial charge in [-0.2, -0.15) is 0 Å². The van der Waals surface area contributed by atoms with E-state index in [-0.39, 0.29) is 17.9 Å². The zero-order valence-electron chi connectivity index (χ0n) is 30.3. The zero-order chi connectivity index (χ0) is 36.3. The molecule has 55 heavy (non-hydrogen) atoms. The van der Waals surface area contributed by atoms with E-state index in [1.807, 2.05) is 12.1 Å². The Hall–Kier alpha value is -6.58. The Balaban J connectivity index is 1.10. The van der Waals surface area contributed by atoms with E-state index in [9.17, 15) is 0 Å². The van der Waals surface area contributed by atoms with Crippen LogP contribution in [-0.2, 0) is 11.8 Å². The normalized spacial score (nSPS) is 19.4. The van der Waals surface area contributed by atoms with Crippen LogP contribution >= 0.6 is 0 Å². The van der Waals surface area contributed by atoms with Gasteiger partial charge in [0, 0.05) is 38.9 Å². The third-order valence-electron chi connectivity index (χ3n) is 12.1. The first-order valence-electron chi connectivity index (χ1n) is 19.3. The largest absolute Gasteiger partial charge is 0.485 e. The fourth-order valence-electron chi connectivity index (χ4n) is 9.56. The highest BCUT2D eigenvalue weighted by molar-refractivity contribution is 6.14. The highest BCUT2D eigenvalue weighted by Crippen LogP contribution is 2.55. The summed E-state index contributed by atoms with van der Waals surface area (Å²) in [7, 11) is 0. The van der Waals surface area contributed by atoms with Crippen molar-refractivity contribution in [1.82, 2.24) is 0 Å². The molecule has 0 N–H and O–H groups in total. The molecule has 3 nitrogen and oxygen atoms in total. The second kappa shape index (κ2) is 12.8. The predicted molar refractivity (Wildman–Crippen MR) is 223 cm³/mol. The Bertz CT molecular complexity index is 2910. The van der Waals surface area contributed by atoms with Gasteiger partial charge in [-0.3, -0.25) is 0 Å². The molecule has 1 aliphatic carbocycles. The summed E-state index contributed by atoms with van der Waals surface area (Å²) in [6.07, 6.45) is 10.8. The van der Waals surface area contributed by atoms with E-state index < -0.39 is 5.41 Å². The summed E-state index contributed by atoms with van der Waals surface area (Å²) >= 11 is 0. The number of para-hydroxylation sites is 2. The Labute approximate surface area is 319 Å². The quantitative estimate of drug-likeness (QED) is 0.165. The first kappa shape index (κ1) is 31.9. The number of furan rings is 2. The van der Waals surface area contributed by atoms with Gasteiger partial charge in [0.25, 0.3) is 0 Å². The van der Waals surface area contributed by atoms with Crippen molar-refractivity contribution in [2.75, 3.05) is 0 Å². The maximum absolute atomic E-state index is 6.78. The Morgan fingerprint density at radius 2 is 1.11 bits per heavy atom. The van der Waals surface area contributed by atoms with E-state index in [2.05, 4.69) is 176 Å². The maximum atomic E-state index is 6.78. The molecule has 0 bridgehead atoms. The number of fused-ring (bicyclic) bond motifs is 8. The number of rotatable bonds is 7. The molecule has 3 heterocycles. The van der Waals surface area contributed by atoms with Crippen LogP contribution in [0, 0.1) is 5.92 Å². The Morgan fingerprint density at radius 3 is 1.93 bits per heavy atom. The molecular weight excluding hydrogens is 673 g/mol. The van der Waals surface area contributed by atoms with Crippen LogP contribution in [0.1, 0.15) is 45.7 Å². The lowest BCUT2D eigenvalue weighted by molar-refractivity contribution is 0.140. The van der Waals surface area contributed by atoms with E-state index in [0.29, 0.717) is 0 Å². The third kappa shape index (κ3) is 5.11. The van der Waals surface area contributed by atoms with E-state index in [1.54, 1.807) is 0 Å². The van der Waals surface area contributed by atoms with Crippen LogP contribution in [0.2, 0.25) is 0 Å². The van der Waals surface area contributed by atoms with Crippen molar-refractivity contribution >= 4 is 43.9 Å². The molecule has 9 aromatic rings. The summed E-state index contributed by atoms with van der Waals surface area (Å²) in [6.45, 7) is 0. The van der Waals surface area contributed by atoms with Gasteiger partial charge in [0.1, 0.15) is 34.2 Å². The molecule has 0 spiro atoms. The summed E-state index contributed by atoms with van der Waals surface area (Å²) in [5.74, 6) is 1.19. The van der Waals surface area contributed by atoms with E-state index in [4.69, 9.17) is 13.6 Å². The molecule has 4 atom stereocenters. The molecule has 1 aliphatic heterocycles. The van der Waals surface area contributed by atoms with Crippen molar-refractivity contribution in [2.45, 2.75) is 30.3 Å². The lowest BCUT2D eigenvalue weighted by Crippen LogP contribution is -2.48. The molecule has 264 valence electrons. The van der Waals surface area contributed by atoms with Gasteiger partial charge in [0.05, 0.1) is 5.41 Å². The average Bonchev–Trinajstić information content (AvgIpc) is 3.80. The standard InChI is InChI=1S/C52H38O3/c1-3-13-34(14-4-1)23-29-39(35-15-5-2-6-16-35)36-24-26-37(27-25-36)52(44-18-8-11-21-48(44)55-49-22-12-9-19-45(49)52)38-28-30-47-41(31-38)43-33-50-42(32-51(43)54-47)40-17-7-10-20-46(40)53-50/h1-22,24-28,30-33,39,44,48H,23,29H2. The molecule has 0 saturated heterocycles. The van der Waals surface area contributed by atoms with Crippen LogP contribution in [0.25, 0.3) is 43.9 Å². The predicted octanol–water partition coefficient (Wildman–Crippen LogP) is 13.1. The summed E-state index contributed by atoms with van der Waals surface area (Å²) in [6, 6.07) is 59.2. The highest BCUT2D eigenvalue weighted by Gasteiger charge is 2.51. The van der Waals surface area contributed by atoms with Gasteiger partial charge in [0.15, 0.2) is 0 Å². The molecule has 0 radical (unpaired) electrons. The van der Waals surface area contributed by atoms with Gasteiger partial charge >= 0.3 is 0 Å². The first-order chi connectivity index (χ1) is 27.2. The fraction of sp³-hybridized carbons (Fsp3) is 0.115. The molecule has 0 saturated carbocycles. The van der Waals surface area contributed by atoms with Crippen LogP contribution in [0.15, 0.2) is 197 Å². The van der Waals surface area contributed by atoms with Gasteiger partial charge in [0.2, 0.25) is 0 Å². The van der Waals surface area contributed by atoms with Crippen LogP contribution in [0.4, 0.5) is 0 Å². The lowest BCUT2D eigenvalue weighted by Gasteiger charge is -2.49. The van der Waals surface area contributed by atoms with Crippen molar-refractivity contribution in [3.8, 4) is 5.75 Å². The minimum absolute atomic E-state index is 0.0129. The third-order valence-corrected chi connectivity index (χ3v) is 12.1. The van der Waals surface area contributed by atoms with E-state index in [1.165, 1.54) is 33.4 Å². The van der Waals surface area contributed by atoms with Crippen molar-refractivity contribution in [3.05, 3.63) is 221 Å². The summed E-state index contributed by atoms with van der Waals surface area (Å²) in [5.41, 5.74) is 10.6. The first-order valence-corrected chi connectivity index (χ1v) is 19.3. The van der Waals surface area contributed by atoms with E-state index >= 15 is 0 Å². The van der Waals surface area contributed by atoms with Crippen LogP contribution in [-0.4, -0.2) is 6.10 Å². The molecule has 0 fully saturated rings. The van der Waals surface area contributed by atoms with Crippen LogP contribution < -0.4 is 4.74 Å². The number of benzene rings is 7. The van der Waals surface area contributed by atoms with Gasteiger partial charge in [-0.15, -0.1) is 0 Å². The van der Waals surface area contributed by atoms with Crippen molar-refractivity contribution in [2.24, 2.45) is 5.92 Å². The van der Waals surface area contributed by atoms with Gasteiger partial charge in [-0.1, -0.05) is 146 Å². The summed E-state index contributed by atoms with van der Waals surface area (Å²) in [4.78, 5) is 0. The molecule has 7 aromatic carbocycles. The number of ether oxygens (including phenoxy) is 1. The number of hydrogen-bond acceptors (Lipinski definition) is 3. The van der Waals surface area contributed by atoms with Gasteiger partial charge < -0.3 is 13.6 Å². The van der Waals surface area contributed by atoms with Crippen molar-refractivity contribution < 1.29 is 13.6 Å². The molecular formula is C52H38O3. The number of allylic oxidation sites excluding steroid dienone is 2. The summed E-state index contributed by atoms with van der Waals surface area (Å²) in [5, 5.41) is 4.29. The van der Waals surface area contributed by atoms with Crippen LogP contribution in [0.3, 0.4) is 0 Å². The van der Waals surface area contributed by atoms with Crippen LogP contribution in [0.5, 0.6) is 5.75 Å². The molecule has 2 aliphatic rings. The average molecular weight is 711 g/mol. The minimum Gasteiger partial charge on any atom is -0.485 e. The van der Waals surface area contributed by atoms with Gasteiger partial charge in [-0.05, 0) is 83.1 Å². The van der Waals surface area contributed by atoms with Crippen molar-refractivity contribution in [1.29, 1.82) is 0 Å². The monoisotopic (exact) mass is 710 g/mol. The fourth-order valence-corrected chi connectivity index (χ4v) is 9.56. The second-order valence-corrected chi connectivity index (χ2v) is 15.0. The lowest BCUT2D eigenvalue weighted by atomic mass is 9.58. The Kier molecular flexibility index (Phi) is 7.41. The van der Waals surface area contributed by atoms with E-state index in [0.717, 1.165) is 62.5 Å². The topological polar surface area (TPSA) is 35.5 Å². The molecule has 3 heteroatoms. The smallest absolute Gasteiger partial charge is 0.136 e. The molecule has 0 amide bonds. The summed E-state index contributed by atoms with van der Waals surface area (Å²) < 4.78 is 19.7. The highest BCUT2D eigenvalue weighted by atomic mass is 16.5. The SMILES string of the molecule is C1=CC2Oc3ccccc3C(c3ccc(C(CCc4ccccc4)c4ccccc4)cc3)(c3ccc4oc5cc6c(cc5c4c3)oc3ccccc36)C2C=C1. The van der Waals surface area contributed by atoms with Gasteiger partial charge in [-0.25, -0.2) is 0 Å². The number of hydrogen-bond donors (Lipinski definition) is 0. The molecule has 4 unspecified atom stereocenters. The number of aryl methyl sites for hydroxylation is 1. The second-order valence-electron chi connectivity index (χ2n) is 15.0.